The van der Waals surface area contributed by atoms with Crippen molar-refractivity contribution in [2.45, 2.75) is 45.2 Å². The zero-order valence-electron chi connectivity index (χ0n) is 16.5. The molecule has 6 heteroatoms. The molecule has 0 radical (unpaired) electrons. The van der Waals surface area contributed by atoms with E-state index in [1.807, 2.05) is 29.2 Å². The Morgan fingerprint density at radius 2 is 1.96 bits per heavy atom. The average Bonchev–Trinajstić information content (AvgIpc) is 2.89. The summed E-state index contributed by atoms with van der Waals surface area (Å²) >= 11 is 0. The van der Waals surface area contributed by atoms with Crippen LogP contribution in [0.4, 0.5) is 0 Å². The van der Waals surface area contributed by atoms with Gasteiger partial charge in [-0.3, -0.25) is 9.59 Å². The Morgan fingerprint density at radius 1 is 1.19 bits per heavy atom. The number of hydrogen-bond acceptors (Lipinski definition) is 4. The molecule has 3 rings (SSSR count). The number of rotatable bonds is 5. The van der Waals surface area contributed by atoms with Crippen LogP contribution in [-0.4, -0.2) is 72.4 Å². The standard InChI is InChI=1S/C21H31N3O3/c1-3-22-11-13-23(14-12-22)21(26)19-9-4-5-10-20(25)24(19)16-17-7-6-8-18(15-17)27-2/h6-8,15,19H,3-5,9-14,16H2,1-2H3. The number of nitrogens with zero attached hydrogens (tertiary/aromatic N) is 3. The fourth-order valence-corrected chi connectivity index (χ4v) is 4.01. The van der Waals surface area contributed by atoms with E-state index in [-0.39, 0.29) is 17.9 Å². The molecule has 27 heavy (non-hydrogen) atoms. The number of hydrogen-bond donors (Lipinski definition) is 0. The predicted octanol–water partition coefficient (Wildman–Crippen LogP) is 2.13. The van der Waals surface area contributed by atoms with Crippen molar-refractivity contribution in [2.24, 2.45) is 0 Å². The van der Waals surface area contributed by atoms with E-state index in [1.165, 1.54) is 0 Å². The molecular formula is C21H31N3O3. The van der Waals surface area contributed by atoms with Crippen molar-refractivity contribution in [3.8, 4) is 5.75 Å². The molecule has 1 atom stereocenters. The second kappa shape index (κ2) is 9.22. The monoisotopic (exact) mass is 373 g/mol. The van der Waals surface area contributed by atoms with Crippen LogP contribution in [-0.2, 0) is 16.1 Å². The van der Waals surface area contributed by atoms with E-state index in [0.717, 1.165) is 63.3 Å². The van der Waals surface area contributed by atoms with Crippen LogP contribution in [0.15, 0.2) is 24.3 Å². The molecule has 1 unspecified atom stereocenters. The van der Waals surface area contributed by atoms with Gasteiger partial charge in [0.15, 0.2) is 0 Å². The van der Waals surface area contributed by atoms with E-state index in [0.29, 0.717) is 13.0 Å². The van der Waals surface area contributed by atoms with E-state index in [2.05, 4.69) is 11.8 Å². The minimum atomic E-state index is -0.348. The summed E-state index contributed by atoms with van der Waals surface area (Å²) in [6.45, 7) is 6.97. The number of piperazine rings is 1. The summed E-state index contributed by atoms with van der Waals surface area (Å²) in [4.78, 5) is 32.2. The van der Waals surface area contributed by atoms with Crippen molar-refractivity contribution in [1.29, 1.82) is 0 Å². The zero-order valence-corrected chi connectivity index (χ0v) is 16.5. The number of likely N-dealkylation sites (N-methyl/N-ethyl adjacent to an activating group) is 1. The quantitative estimate of drug-likeness (QED) is 0.793. The second-order valence-corrected chi connectivity index (χ2v) is 7.39. The Morgan fingerprint density at radius 3 is 2.67 bits per heavy atom. The maximum absolute atomic E-state index is 13.3. The molecule has 0 saturated carbocycles. The molecular weight excluding hydrogens is 342 g/mol. The van der Waals surface area contributed by atoms with Gasteiger partial charge < -0.3 is 19.4 Å². The van der Waals surface area contributed by atoms with Gasteiger partial charge in [-0.25, -0.2) is 0 Å². The van der Waals surface area contributed by atoms with Crippen molar-refractivity contribution >= 4 is 11.8 Å². The number of likely N-dealkylation sites (tertiary alicyclic amines) is 1. The number of ether oxygens (including phenoxy) is 1. The lowest BCUT2D eigenvalue weighted by Gasteiger charge is -2.38. The molecule has 2 aliphatic rings. The molecule has 6 nitrogen and oxygen atoms in total. The van der Waals surface area contributed by atoms with Gasteiger partial charge in [0.25, 0.3) is 0 Å². The predicted molar refractivity (Wildman–Crippen MR) is 104 cm³/mol. The third-order valence-electron chi connectivity index (χ3n) is 5.72. The molecule has 2 amide bonds. The van der Waals surface area contributed by atoms with Crippen molar-refractivity contribution in [3.63, 3.8) is 0 Å². The van der Waals surface area contributed by atoms with E-state index < -0.39 is 0 Å². The van der Waals surface area contributed by atoms with Crippen molar-refractivity contribution in [2.75, 3.05) is 39.8 Å². The van der Waals surface area contributed by atoms with Crippen LogP contribution in [0.1, 0.15) is 38.2 Å². The number of carbonyl (C=O) groups is 2. The van der Waals surface area contributed by atoms with Gasteiger partial charge in [0.2, 0.25) is 11.8 Å². The molecule has 2 heterocycles. The molecule has 0 bridgehead atoms. The van der Waals surface area contributed by atoms with Gasteiger partial charge in [-0.05, 0) is 37.1 Å². The second-order valence-electron chi connectivity index (χ2n) is 7.39. The Balaban J connectivity index is 1.75. The Hall–Kier alpha value is -2.08. The summed E-state index contributed by atoms with van der Waals surface area (Å²) in [5, 5.41) is 0. The molecule has 1 aromatic rings. The van der Waals surface area contributed by atoms with Crippen LogP contribution >= 0.6 is 0 Å². The molecule has 2 saturated heterocycles. The van der Waals surface area contributed by atoms with Crippen LogP contribution in [0.25, 0.3) is 0 Å². The van der Waals surface area contributed by atoms with Gasteiger partial charge in [-0.15, -0.1) is 0 Å². The number of benzene rings is 1. The molecule has 0 aromatic heterocycles. The maximum Gasteiger partial charge on any atom is 0.245 e. The van der Waals surface area contributed by atoms with Crippen molar-refractivity contribution in [1.82, 2.24) is 14.7 Å². The van der Waals surface area contributed by atoms with Crippen molar-refractivity contribution < 1.29 is 14.3 Å². The molecule has 2 aliphatic heterocycles. The first-order valence-corrected chi connectivity index (χ1v) is 10.1. The average molecular weight is 373 g/mol. The maximum atomic E-state index is 13.3. The minimum absolute atomic E-state index is 0.0841. The lowest BCUT2D eigenvalue weighted by Crippen LogP contribution is -2.55. The summed E-state index contributed by atoms with van der Waals surface area (Å²) in [6.07, 6.45) is 3.06. The van der Waals surface area contributed by atoms with Gasteiger partial charge in [0.1, 0.15) is 11.8 Å². The third kappa shape index (κ3) is 4.80. The fourth-order valence-electron chi connectivity index (χ4n) is 4.01. The SMILES string of the molecule is CCN1CCN(C(=O)C2CCCCC(=O)N2Cc2cccc(OC)c2)CC1. The fraction of sp³-hybridized carbons (Fsp3) is 0.619. The van der Waals surface area contributed by atoms with Crippen LogP contribution in [0, 0.1) is 0 Å². The zero-order chi connectivity index (χ0) is 19.2. The Kier molecular flexibility index (Phi) is 6.72. The topological polar surface area (TPSA) is 53.1 Å². The van der Waals surface area contributed by atoms with Gasteiger partial charge in [0.05, 0.1) is 7.11 Å². The van der Waals surface area contributed by atoms with Gasteiger partial charge in [-0.2, -0.15) is 0 Å². The Bertz CT molecular complexity index is 656. The Labute approximate surface area is 162 Å². The van der Waals surface area contributed by atoms with E-state index in [4.69, 9.17) is 4.74 Å². The lowest BCUT2D eigenvalue weighted by atomic mass is 10.1. The molecule has 0 N–H and O–H groups in total. The lowest BCUT2D eigenvalue weighted by molar-refractivity contribution is -0.147. The highest BCUT2D eigenvalue weighted by molar-refractivity contribution is 5.88. The van der Waals surface area contributed by atoms with E-state index >= 15 is 0 Å². The highest BCUT2D eigenvalue weighted by Gasteiger charge is 2.35. The van der Waals surface area contributed by atoms with E-state index in [1.54, 1.807) is 12.0 Å². The summed E-state index contributed by atoms with van der Waals surface area (Å²) in [5.74, 6) is 0.970. The summed E-state index contributed by atoms with van der Waals surface area (Å²) in [5.41, 5.74) is 0.998. The van der Waals surface area contributed by atoms with E-state index in [9.17, 15) is 9.59 Å². The molecule has 1 aromatic carbocycles. The largest absolute Gasteiger partial charge is 0.497 e. The molecule has 0 aliphatic carbocycles. The summed E-state index contributed by atoms with van der Waals surface area (Å²) in [6, 6.07) is 7.41. The van der Waals surface area contributed by atoms with Crippen molar-refractivity contribution in [3.05, 3.63) is 29.8 Å². The highest BCUT2D eigenvalue weighted by Crippen LogP contribution is 2.24. The number of methoxy groups -OCH3 is 1. The number of carbonyl (C=O) groups excluding carboxylic acids is 2. The minimum Gasteiger partial charge on any atom is -0.497 e. The van der Waals surface area contributed by atoms with Crippen LogP contribution in [0.2, 0.25) is 0 Å². The van der Waals surface area contributed by atoms with Crippen LogP contribution in [0.3, 0.4) is 0 Å². The first-order valence-electron chi connectivity index (χ1n) is 10.1. The van der Waals surface area contributed by atoms with Gasteiger partial charge in [0, 0.05) is 39.1 Å². The van der Waals surface area contributed by atoms with Gasteiger partial charge >= 0.3 is 0 Å². The summed E-state index contributed by atoms with van der Waals surface area (Å²) in [7, 11) is 1.64. The molecule has 2 fully saturated rings. The smallest absolute Gasteiger partial charge is 0.245 e. The van der Waals surface area contributed by atoms with Gasteiger partial charge in [-0.1, -0.05) is 25.5 Å². The van der Waals surface area contributed by atoms with Crippen LogP contribution in [0.5, 0.6) is 5.75 Å². The third-order valence-corrected chi connectivity index (χ3v) is 5.72. The molecule has 148 valence electrons. The summed E-state index contributed by atoms with van der Waals surface area (Å²) < 4.78 is 5.30. The first kappa shape index (κ1) is 19.7. The normalized spacial score (nSPS) is 21.9. The molecule has 0 spiro atoms. The van der Waals surface area contributed by atoms with Crippen LogP contribution < -0.4 is 4.74 Å². The highest BCUT2D eigenvalue weighted by atomic mass is 16.5. The number of amides is 2. The first-order chi connectivity index (χ1) is 13.1.